The Balaban J connectivity index is 1.50. The fourth-order valence-electron chi connectivity index (χ4n) is 2.72. The molecule has 4 nitrogen and oxygen atoms in total. The third-order valence-corrected chi connectivity index (χ3v) is 4.31. The SMILES string of the molecule is Cc1[nH]ncc1/C=C/CN1CCN(c2cccc(Cl)c2)CC1. The first-order valence-corrected chi connectivity index (χ1v) is 7.99. The number of piperazine rings is 1. The van der Waals surface area contributed by atoms with Gasteiger partial charge in [-0.05, 0) is 25.1 Å². The van der Waals surface area contributed by atoms with Crippen molar-refractivity contribution in [3.8, 4) is 0 Å². The van der Waals surface area contributed by atoms with Crippen LogP contribution in [0.25, 0.3) is 6.08 Å². The molecule has 2 heterocycles. The standard InChI is InChI=1S/C17H21ClN4/c1-14-15(13-19-20-14)4-3-7-21-8-10-22(11-9-21)17-6-2-5-16(18)12-17/h2-6,12-13H,7-11H2,1H3,(H,19,20)/b4-3+. The summed E-state index contributed by atoms with van der Waals surface area (Å²) < 4.78 is 0. The number of rotatable bonds is 4. The molecule has 1 N–H and O–H groups in total. The molecule has 0 amide bonds. The van der Waals surface area contributed by atoms with E-state index in [-0.39, 0.29) is 0 Å². The average molecular weight is 317 g/mol. The summed E-state index contributed by atoms with van der Waals surface area (Å²) in [4.78, 5) is 4.86. The zero-order valence-electron chi connectivity index (χ0n) is 12.8. The van der Waals surface area contributed by atoms with Gasteiger partial charge < -0.3 is 4.90 Å². The molecule has 0 atom stereocenters. The lowest BCUT2D eigenvalue weighted by molar-refractivity contribution is 0.284. The summed E-state index contributed by atoms with van der Waals surface area (Å²) in [5.74, 6) is 0. The van der Waals surface area contributed by atoms with E-state index in [4.69, 9.17) is 11.6 Å². The molecule has 0 unspecified atom stereocenters. The Bertz CT molecular complexity index is 642. The van der Waals surface area contributed by atoms with Crippen molar-refractivity contribution in [2.45, 2.75) is 6.92 Å². The molecule has 5 heteroatoms. The molecule has 1 saturated heterocycles. The Morgan fingerprint density at radius 3 is 2.77 bits per heavy atom. The van der Waals surface area contributed by atoms with E-state index < -0.39 is 0 Å². The molecule has 0 spiro atoms. The van der Waals surface area contributed by atoms with Gasteiger partial charge in [0.1, 0.15) is 0 Å². The minimum absolute atomic E-state index is 0.804. The second-order valence-corrected chi connectivity index (χ2v) is 6.06. The predicted molar refractivity (Wildman–Crippen MR) is 92.5 cm³/mol. The molecule has 1 aromatic heterocycles. The van der Waals surface area contributed by atoms with Crippen LogP contribution in [0.2, 0.25) is 5.02 Å². The van der Waals surface area contributed by atoms with E-state index in [1.54, 1.807) is 0 Å². The highest BCUT2D eigenvalue weighted by molar-refractivity contribution is 6.30. The summed E-state index contributed by atoms with van der Waals surface area (Å²) in [7, 11) is 0. The summed E-state index contributed by atoms with van der Waals surface area (Å²) in [5, 5.41) is 7.79. The van der Waals surface area contributed by atoms with Gasteiger partial charge in [-0.1, -0.05) is 29.8 Å². The van der Waals surface area contributed by atoms with E-state index in [1.807, 2.05) is 31.3 Å². The first-order chi connectivity index (χ1) is 10.7. The quantitative estimate of drug-likeness (QED) is 0.940. The number of hydrogen-bond acceptors (Lipinski definition) is 3. The van der Waals surface area contributed by atoms with Crippen LogP contribution in [0.3, 0.4) is 0 Å². The number of nitrogens with zero attached hydrogens (tertiary/aromatic N) is 3. The van der Waals surface area contributed by atoms with Crippen molar-refractivity contribution in [3.05, 3.63) is 52.8 Å². The van der Waals surface area contributed by atoms with Crippen molar-refractivity contribution < 1.29 is 0 Å². The van der Waals surface area contributed by atoms with Gasteiger partial charge >= 0.3 is 0 Å². The number of anilines is 1. The van der Waals surface area contributed by atoms with Gasteiger partial charge in [0, 0.05) is 54.7 Å². The molecule has 0 saturated carbocycles. The molecule has 116 valence electrons. The van der Waals surface area contributed by atoms with Crippen LogP contribution < -0.4 is 4.90 Å². The second kappa shape index (κ2) is 6.99. The summed E-state index contributed by atoms with van der Waals surface area (Å²) in [6.45, 7) is 7.24. The van der Waals surface area contributed by atoms with E-state index in [0.717, 1.165) is 49.0 Å². The summed E-state index contributed by atoms with van der Waals surface area (Å²) in [6.07, 6.45) is 6.22. The van der Waals surface area contributed by atoms with Gasteiger partial charge in [-0.15, -0.1) is 0 Å². The smallest absolute Gasteiger partial charge is 0.0562 e. The second-order valence-electron chi connectivity index (χ2n) is 5.62. The Morgan fingerprint density at radius 1 is 1.27 bits per heavy atom. The van der Waals surface area contributed by atoms with E-state index in [0.29, 0.717) is 0 Å². The first kappa shape index (κ1) is 15.1. The average Bonchev–Trinajstić information content (AvgIpc) is 2.93. The number of nitrogens with one attached hydrogen (secondary N) is 1. The summed E-state index contributed by atoms with van der Waals surface area (Å²) >= 11 is 6.07. The van der Waals surface area contributed by atoms with Crippen LogP contribution in [-0.4, -0.2) is 47.8 Å². The van der Waals surface area contributed by atoms with Crippen LogP contribution in [-0.2, 0) is 0 Å². The van der Waals surface area contributed by atoms with Crippen LogP contribution in [0.5, 0.6) is 0 Å². The lowest BCUT2D eigenvalue weighted by Gasteiger charge is -2.35. The normalized spacial score (nSPS) is 16.5. The highest BCUT2D eigenvalue weighted by Gasteiger charge is 2.16. The van der Waals surface area contributed by atoms with Gasteiger partial charge in [-0.3, -0.25) is 10.00 Å². The largest absolute Gasteiger partial charge is 0.369 e. The molecule has 0 radical (unpaired) electrons. The van der Waals surface area contributed by atoms with Crippen LogP contribution in [0, 0.1) is 6.92 Å². The zero-order chi connectivity index (χ0) is 15.4. The Morgan fingerprint density at radius 2 is 2.09 bits per heavy atom. The van der Waals surface area contributed by atoms with Gasteiger partial charge in [0.15, 0.2) is 0 Å². The molecule has 1 aromatic carbocycles. The minimum atomic E-state index is 0.804. The van der Waals surface area contributed by atoms with Gasteiger partial charge in [-0.25, -0.2) is 0 Å². The topological polar surface area (TPSA) is 35.2 Å². The molecule has 0 aliphatic carbocycles. The maximum atomic E-state index is 6.07. The Labute approximate surface area is 136 Å². The van der Waals surface area contributed by atoms with Gasteiger partial charge in [0.25, 0.3) is 0 Å². The van der Waals surface area contributed by atoms with Crippen molar-refractivity contribution in [3.63, 3.8) is 0 Å². The number of hydrogen-bond donors (Lipinski definition) is 1. The molecule has 1 aliphatic heterocycles. The third-order valence-electron chi connectivity index (χ3n) is 4.08. The Hall–Kier alpha value is -1.78. The molecule has 22 heavy (non-hydrogen) atoms. The predicted octanol–water partition coefficient (Wildman–Crippen LogP) is 3.21. The fraction of sp³-hybridized carbons (Fsp3) is 0.353. The molecule has 1 fully saturated rings. The van der Waals surface area contributed by atoms with Crippen molar-refractivity contribution >= 4 is 23.4 Å². The van der Waals surface area contributed by atoms with Gasteiger partial charge in [0.05, 0.1) is 6.20 Å². The number of halogens is 1. The van der Waals surface area contributed by atoms with Crippen molar-refractivity contribution in [2.24, 2.45) is 0 Å². The summed E-state index contributed by atoms with van der Waals surface area (Å²) in [5.41, 5.74) is 3.50. The Kier molecular flexibility index (Phi) is 4.80. The van der Waals surface area contributed by atoms with E-state index in [2.05, 4.69) is 38.2 Å². The zero-order valence-corrected chi connectivity index (χ0v) is 13.6. The summed E-state index contributed by atoms with van der Waals surface area (Å²) in [6, 6.07) is 8.10. The highest BCUT2D eigenvalue weighted by Crippen LogP contribution is 2.20. The number of aryl methyl sites for hydroxylation is 1. The number of aromatic nitrogens is 2. The first-order valence-electron chi connectivity index (χ1n) is 7.62. The van der Waals surface area contributed by atoms with E-state index in [9.17, 15) is 0 Å². The van der Waals surface area contributed by atoms with Gasteiger partial charge in [0.2, 0.25) is 0 Å². The van der Waals surface area contributed by atoms with Crippen molar-refractivity contribution in [1.82, 2.24) is 15.1 Å². The molecular formula is C17H21ClN4. The molecular weight excluding hydrogens is 296 g/mol. The van der Waals surface area contributed by atoms with Crippen LogP contribution in [0.1, 0.15) is 11.3 Å². The maximum Gasteiger partial charge on any atom is 0.0562 e. The maximum absolute atomic E-state index is 6.07. The van der Waals surface area contributed by atoms with Crippen LogP contribution in [0.15, 0.2) is 36.5 Å². The molecule has 2 aromatic rings. The fourth-order valence-corrected chi connectivity index (χ4v) is 2.90. The number of benzene rings is 1. The van der Waals surface area contributed by atoms with Crippen LogP contribution in [0.4, 0.5) is 5.69 Å². The molecule has 3 rings (SSSR count). The minimum Gasteiger partial charge on any atom is -0.369 e. The number of aromatic amines is 1. The lowest BCUT2D eigenvalue weighted by atomic mass is 10.2. The molecule has 1 aliphatic rings. The van der Waals surface area contributed by atoms with Crippen molar-refractivity contribution in [1.29, 1.82) is 0 Å². The van der Waals surface area contributed by atoms with Gasteiger partial charge in [-0.2, -0.15) is 5.10 Å². The monoisotopic (exact) mass is 316 g/mol. The van der Waals surface area contributed by atoms with E-state index in [1.165, 1.54) is 5.69 Å². The lowest BCUT2D eigenvalue weighted by Crippen LogP contribution is -2.46. The van der Waals surface area contributed by atoms with E-state index >= 15 is 0 Å². The number of H-pyrrole nitrogens is 1. The molecule has 0 bridgehead atoms. The van der Waals surface area contributed by atoms with Crippen molar-refractivity contribution in [2.75, 3.05) is 37.6 Å². The van der Waals surface area contributed by atoms with Crippen LogP contribution >= 0.6 is 11.6 Å². The highest BCUT2D eigenvalue weighted by atomic mass is 35.5. The third kappa shape index (κ3) is 3.70.